The van der Waals surface area contributed by atoms with Gasteiger partial charge in [0, 0.05) is 58.5 Å². The van der Waals surface area contributed by atoms with E-state index in [0.717, 1.165) is 57.2 Å². The van der Waals surface area contributed by atoms with Gasteiger partial charge in [-0.05, 0) is 24.6 Å². The highest BCUT2D eigenvalue weighted by atomic mass is 127. The van der Waals surface area contributed by atoms with Crippen LogP contribution in [-0.4, -0.2) is 53.4 Å². The maximum atomic E-state index is 6.06. The van der Waals surface area contributed by atoms with Gasteiger partial charge in [0.2, 0.25) is 0 Å². The Morgan fingerprint density at radius 1 is 1.23 bits per heavy atom. The van der Waals surface area contributed by atoms with E-state index in [1.165, 1.54) is 0 Å². The average molecular weight is 469 g/mol. The van der Waals surface area contributed by atoms with E-state index in [0.29, 0.717) is 0 Å². The van der Waals surface area contributed by atoms with Gasteiger partial charge in [-0.1, -0.05) is 18.2 Å². The van der Waals surface area contributed by atoms with Crippen LogP contribution in [0, 0.1) is 0 Å². The molecule has 0 bridgehead atoms. The van der Waals surface area contributed by atoms with E-state index in [1.807, 2.05) is 60.5 Å². The molecule has 3 rings (SSSR count). The van der Waals surface area contributed by atoms with E-state index in [9.17, 15) is 0 Å². The number of piperidine rings is 1. The number of hydrogen-bond acceptors (Lipinski definition) is 3. The standard InChI is InChI=1S/C19H27N5O.HI/c1-20-19(21-11-5-13-24-14-6-12-22-24)23-15-9-18(10-16-23)25-17-7-3-2-4-8-17;/h2-4,6-8,12,14,18H,5,9-11,13,15-16H2,1H3,(H,20,21);1H. The number of rotatable bonds is 6. The van der Waals surface area contributed by atoms with Crippen LogP contribution in [0.15, 0.2) is 53.8 Å². The van der Waals surface area contributed by atoms with E-state index >= 15 is 0 Å². The third-order valence-electron chi connectivity index (χ3n) is 4.41. The first kappa shape index (κ1) is 20.5. The third-order valence-corrected chi connectivity index (χ3v) is 4.41. The van der Waals surface area contributed by atoms with Crippen molar-refractivity contribution in [3.63, 3.8) is 0 Å². The number of hydrogen-bond donors (Lipinski definition) is 1. The van der Waals surface area contributed by atoms with Gasteiger partial charge in [-0.25, -0.2) is 0 Å². The number of para-hydroxylation sites is 1. The molecule has 0 saturated carbocycles. The van der Waals surface area contributed by atoms with E-state index < -0.39 is 0 Å². The summed E-state index contributed by atoms with van der Waals surface area (Å²) in [5, 5.41) is 7.68. The minimum absolute atomic E-state index is 0. The van der Waals surface area contributed by atoms with Gasteiger partial charge in [0.05, 0.1) is 0 Å². The molecule has 0 unspecified atom stereocenters. The van der Waals surface area contributed by atoms with Crippen molar-refractivity contribution < 1.29 is 4.74 Å². The fraction of sp³-hybridized carbons (Fsp3) is 0.474. The van der Waals surface area contributed by atoms with Crippen molar-refractivity contribution >= 4 is 29.9 Å². The highest BCUT2D eigenvalue weighted by Crippen LogP contribution is 2.18. The van der Waals surface area contributed by atoms with E-state index in [-0.39, 0.29) is 30.1 Å². The summed E-state index contributed by atoms with van der Waals surface area (Å²) in [4.78, 5) is 6.74. The predicted molar refractivity (Wildman–Crippen MR) is 115 cm³/mol. The first-order valence-corrected chi connectivity index (χ1v) is 9.00. The lowest BCUT2D eigenvalue weighted by Gasteiger charge is -2.34. The normalized spacial score (nSPS) is 15.4. The van der Waals surface area contributed by atoms with Crippen LogP contribution in [0.1, 0.15) is 19.3 Å². The summed E-state index contributed by atoms with van der Waals surface area (Å²) in [7, 11) is 1.85. The van der Waals surface area contributed by atoms with Crippen LogP contribution in [0.25, 0.3) is 0 Å². The number of aryl methyl sites for hydroxylation is 1. The van der Waals surface area contributed by atoms with Gasteiger partial charge < -0.3 is 15.0 Å². The summed E-state index contributed by atoms with van der Waals surface area (Å²) in [5.41, 5.74) is 0. The Balaban J connectivity index is 0.00000243. The number of halogens is 1. The molecule has 1 N–H and O–H groups in total. The minimum atomic E-state index is 0. The molecule has 2 aromatic rings. The topological polar surface area (TPSA) is 54.7 Å². The van der Waals surface area contributed by atoms with Crippen molar-refractivity contribution in [2.75, 3.05) is 26.7 Å². The van der Waals surface area contributed by atoms with Crippen molar-refractivity contribution in [3.05, 3.63) is 48.8 Å². The molecule has 1 fully saturated rings. The molecular formula is C19H28IN5O. The maximum absolute atomic E-state index is 6.06. The maximum Gasteiger partial charge on any atom is 0.193 e. The molecule has 1 aromatic heterocycles. The van der Waals surface area contributed by atoms with Gasteiger partial charge in [0.15, 0.2) is 5.96 Å². The molecule has 2 heterocycles. The van der Waals surface area contributed by atoms with E-state index in [1.54, 1.807) is 0 Å². The second-order valence-electron chi connectivity index (χ2n) is 6.21. The molecule has 0 spiro atoms. The Morgan fingerprint density at radius 3 is 2.65 bits per heavy atom. The van der Waals surface area contributed by atoms with Gasteiger partial charge in [0.1, 0.15) is 11.9 Å². The molecule has 1 saturated heterocycles. The molecule has 1 aromatic carbocycles. The highest BCUT2D eigenvalue weighted by Gasteiger charge is 2.22. The average Bonchev–Trinajstić information content (AvgIpc) is 3.17. The Morgan fingerprint density at radius 2 is 2.00 bits per heavy atom. The zero-order chi connectivity index (χ0) is 17.3. The van der Waals surface area contributed by atoms with Gasteiger partial charge in [-0.2, -0.15) is 5.10 Å². The Labute approximate surface area is 172 Å². The Hall–Kier alpha value is -1.77. The number of aliphatic imine (C=N–C) groups is 1. The second-order valence-corrected chi connectivity index (χ2v) is 6.21. The number of aromatic nitrogens is 2. The van der Waals surface area contributed by atoms with Crippen molar-refractivity contribution in [3.8, 4) is 5.75 Å². The minimum Gasteiger partial charge on any atom is -0.490 e. The van der Waals surface area contributed by atoms with E-state index in [2.05, 4.69) is 20.3 Å². The molecule has 7 heteroatoms. The number of likely N-dealkylation sites (tertiary alicyclic amines) is 1. The number of nitrogens with zero attached hydrogens (tertiary/aromatic N) is 4. The number of benzene rings is 1. The lowest BCUT2D eigenvalue weighted by atomic mass is 10.1. The monoisotopic (exact) mass is 469 g/mol. The Bertz CT molecular complexity index is 639. The van der Waals surface area contributed by atoms with Crippen LogP contribution in [0.4, 0.5) is 0 Å². The predicted octanol–water partition coefficient (Wildman–Crippen LogP) is 3.01. The van der Waals surface area contributed by atoms with Crippen molar-refractivity contribution in [1.29, 1.82) is 0 Å². The van der Waals surface area contributed by atoms with Gasteiger partial charge >= 0.3 is 0 Å². The Kier molecular flexibility index (Phi) is 8.73. The summed E-state index contributed by atoms with van der Waals surface area (Å²) in [6.07, 6.45) is 7.15. The fourth-order valence-corrected chi connectivity index (χ4v) is 3.08. The van der Waals surface area contributed by atoms with Crippen LogP contribution < -0.4 is 10.1 Å². The van der Waals surface area contributed by atoms with E-state index in [4.69, 9.17) is 4.74 Å². The first-order valence-electron chi connectivity index (χ1n) is 9.00. The third kappa shape index (κ3) is 6.19. The van der Waals surface area contributed by atoms with Crippen LogP contribution >= 0.6 is 24.0 Å². The van der Waals surface area contributed by atoms with Gasteiger partial charge in [-0.15, -0.1) is 24.0 Å². The first-order chi connectivity index (χ1) is 12.3. The molecule has 0 radical (unpaired) electrons. The van der Waals surface area contributed by atoms with Crippen LogP contribution in [0.3, 0.4) is 0 Å². The molecule has 1 aliphatic heterocycles. The zero-order valence-corrected chi connectivity index (χ0v) is 17.6. The van der Waals surface area contributed by atoms with Crippen molar-refractivity contribution in [1.82, 2.24) is 20.0 Å². The fourth-order valence-electron chi connectivity index (χ4n) is 3.08. The second kappa shape index (κ2) is 11.1. The zero-order valence-electron chi connectivity index (χ0n) is 15.3. The molecule has 0 atom stereocenters. The van der Waals surface area contributed by atoms with Gasteiger partial charge in [0.25, 0.3) is 0 Å². The van der Waals surface area contributed by atoms with Gasteiger partial charge in [-0.3, -0.25) is 9.67 Å². The molecule has 142 valence electrons. The SMILES string of the molecule is CN=C(NCCCn1cccn1)N1CCC(Oc2ccccc2)CC1.I. The summed E-state index contributed by atoms with van der Waals surface area (Å²) in [6, 6.07) is 12.0. The van der Waals surface area contributed by atoms with Crippen LogP contribution in [-0.2, 0) is 6.54 Å². The molecule has 1 aliphatic rings. The summed E-state index contributed by atoms with van der Waals surface area (Å²) in [6.45, 7) is 3.75. The lowest BCUT2D eigenvalue weighted by Crippen LogP contribution is -2.47. The van der Waals surface area contributed by atoms with Crippen molar-refractivity contribution in [2.45, 2.75) is 31.9 Å². The highest BCUT2D eigenvalue weighted by molar-refractivity contribution is 14.0. The molecule has 26 heavy (non-hydrogen) atoms. The summed E-state index contributed by atoms with van der Waals surface area (Å²) < 4.78 is 8.02. The smallest absolute Gasteiger partial charge is 0.193 e. The molecular weight excluding hydrogens is 441 g/mol. The molecule has 0 aliphatic carbocycles. The number of guanidine groups is 1. The lowest BCUT2D eigenvalue weighted by molar-refractivity contribution is 0.129. The quantitative estimate of drug-likeness (QED) is 0.306. The summed E-state index contributed by atoms with van der Waals surface area (Å²) in [5.74, 6) is 1.95. The largest absolute Gasteiger partial charge is 0.490 e. The molecule has 6 nitrogen and oxygen atoms in total. The van der Waals surface area contributed by atoms with Crippen molar-refractivity contribution in [2.24, 2.45) is 4.99 Å². The van der Waals surface area contributed by atoms with Crippen LogP contribution in [0.2, 0.25) is 0 Å². The number of ether oxygens (including phenoxy) is 1. The molecule has 0 amide bonds. The summed E-state index contributed by atoms with van der Waals surface area (Å²) >= 11 is 0. The van der Waals surface area contributed by atoms with Crippen LogP contribution in [0.5, 0.6) is 5.75 Å². The number of nitrogens with one attached hydrogen (secondary N) is 1.